The monoisotopic (exact) mass is 376 g/mol. The van der Waals surface area contributed by atoms with Crippen molar-refractivity contribution in [1.29, 1.82) is 0 Å². The first-order valence-corrected chi connectivity index (χ1v) is 12.4. The smallest absolute Gasteiger partial charge is 0.351 e. The molecule has 4 nitrogen and oxygen atoms in total. The maximum absolute atomic E-state index is 6.10. The normalized spacial score (nSPS) is 12.0. The van der Waals surface area contributed by atoms with Crippen molar-refractivity contribution < 1.29 is 17.7 Å². The van der Waals surface area contributed by atoms with Gasteiger partial charge in [-0.2, -0.15) is 0 Å². The molecule has 152 valence electrons. The summed E-state index contributed by atoms with van der Waals surface area (Å²) in [5.74, 6) is 0. The predicted octanol–water partition coefficient (Wildman–Crippen LogP) is 6.25. The maximum atomic E-state index is 6.10. The highest BCUT2D eigenvalue weighted by Gasteiger charge is 2.45. The van der Waals surface area contributed by atoms with E-state index in [4.69, 9.17) is 17.7 Å². The van der Waals surface area contributed by atoms with Crippen LogP contribution in [0.1, 0.15) is 105 Å². The van der Waals surface area contributed by atoms with E-state index in [1.807, 2.05) is 6.92 Å². The summed E-state index contributed by atoms with van der Waals surface area (Å²) in [7, 11) is -2.98. The lowest BCUT2D eigenvalue weighted by Crippen LogP contribution is -2.50. The molecule has 0 aliphatic heterocycles. The van der Waals surface area contributed by atoms with Crippen LogP contribution in [0.5, 0.6) is 0 Å². The van der Waals surface area contributed by atoms with E-state index < -0.39 is 9.05 Å². The molecule has 0 atom stereocenters. The third-order valence-corrected chi connectivity index (χ3v) is 6.47. The van der Waals surface area contributed by atoms with Gasteiger partial charge in [-0.15, -0.1) is 0 Å². The topological polar surface area (TPSA) is 36.9 Å². The molecule has 5 heteroatoms. The molecule has 0 N–H and O–H groups in total. The molecule has 0 aliphatic rings. The average Bonchev–Trinajstić information content (AvgIpc) is 2.61. The fraction of sp³-hybridized carbons (Fsp3) is 1.00. The Kier molecular flexibility index (Phi) is 18.9. The van der Waals surface area contributed by atoms with E-state index >= 15 is 0 Å². The second kappa shape index (κ2) is 18.8. The van der Waals surface area contributed by atoms with Gasteiger partial charge in [-0.25, -0.2) is 0 Å². The molecular weight excluding hydrogens is 332 g/mol. The molecule has 0 aromatic rings. The van der Waals surface area contributed by atoms with Crippen molar-refractivity contribution in [1.82, 2.24) is 0 Å². The van der Waals surface area contributed by atoms with E-state index in [0.29, 0.717) is 26.4 Å². The van der Waals surface area contributed by atoms with E-state index in [1.54, 1.807) is 0 Å². The van der Waals surface area contributed by atoms with Crippen LogP contribution in [0.4, 0.5) is 0 Å². The van der Waals surface area contributed by atoms with Gasteiger partial charge in [-0.3, -0.25) is 0 Å². The van der Waals surface area contributed by atoms with Crippen molar-refractivity contribution in [3.8, 4) is 0 Å². The van der Waals surface area contributed by atoms with Crippen molar-refractivity contribution >= 4 is 9.05 Å². The molecule has 0 spiro atoms. The van der Waals surface area contributed by atoms with Crippen LogP contribution in [0.2, 0.25) is 0 Å². The first-order valence-electron chi connectivity index (χ1n) is 10.8. The van der Waals surface area contributed by atoms with Crippen molar-refractivity contribution in [2.45, 2.75) is 105 Å². The van der Waals surface area contributed by atoms with Gasteiger partial charge in [0.15, 0.2) is 0 Å². The minimum Gasteiger partial charge on any atom is -0.351 e. The second-order valence-corrected chi connectivity index (χ2v) is 8.82. The third kappa shape index (κ3) is 14.9. The molecule has 0 heterocycles. The Labute approximate surface area is 158 Å². The van der Waals surface area contributed by atoms with Crippen molar-refractivity contribution in [3.05, 3.63) is 0 Å². The summed E-state index contributed by atoms with van der Waals surface area (Å²) in [6, 6.07) is 0. The Hall–Kier alpha value is 0.0569. The molecular formula is C20H44O4Si. The summed E-state index contributed by atoms with van der Waals surface area (Å²) in [5.41, 5.74) is 0. The Morgan fingerprint density at radius 2 is 0.800 bits per heavy atom. The summed E-state index contributed by atoms with van der Waals surface area (Å²) < 4.78 is 24.2. The number of rotatable bonds is 20. The minimum atomic E-state index is -2.98. The fourth-order valence-electron chi connectivity index (χ4n) is 2.60. The Morgan fingerprint density at radius 1 is 0.440 bits per heavy atom. The third-order valence-electron chi connectivity index (χ3n) is 4.15. The van der Waals surface area contributed by atoms with Gasteiger partial charge in [0.2, 0.25) is 0 Å². The van der Waals surface area contributed by atoms with Crippen molar-refractivity contribution in [2.75, 3.05) is 26.4 Å². The lowest BCUT2D eigenvalue weighted by atomic mass is 10.2. The molecule has 0 rings (SSSR count). The molecule has 0 amide bonds. The molecule has 0 aromatic heterocycles. The highest BCUT2D eigenvalue weighted by atomic mass is 28.4. The highest BCUT2D eigenvalue weighted by molar-refractivity contribution is 6.53. The van der Waals surface area contributed by atoms with Crippen LogP contribution in [0.15, 0.2) is 0 Å². The van der Waals surface area contributed by atoms with Crippen molar-refractivity contribution in [2.24, 2.45) is 0 Å². The standard InChI is InChI=1S/C20H44O4Si/c1-5-9-12-15-18-22-25(21-8-4,23-19-16-13-10-6-2)24-20-17-14-11-7-3/h5-20H2,1-4H3. The van der Waals surface area contributed by atoms with Crippen LogP contribution in [0.3, 0.4) is 0 Å². The van der Waals surface area contributed by atoms with Gasteiger partial charge in [0.1, 0.15) is 0 Å². The van der Waals surface area contributed by atoms with Crippen LogP contribution >= 0.6 is 0 Å². The van der Waals surface area contributed by atoms with Crippen LogP contribution in [0.25, 0.3) is 0 Å². The van der Waals surface area contributed by atoms with Crippen LogP contribution < -0.4 is 0 Å². The number of hydrogen-bond donors (Lipinski definition) is 0. The van der Waals surface area contributed by atoms with E-state index in [9.17, 15) is 0 Å². The van der Waals surface area contributed by atoms with Gasteiger partial charge in [0.05, 0.1) is 0 Å². The largest absolute Gasteiger partial charge is 0.679 e. The molecule has 0 fully saturated rings. The highest BCUT2D eigenvalue weighted by Crippen LogP contribution is 2.16. The van der Waals surface area contributed by atoms with Gasteiger partial charge in [-0.1, -0.05) is 78.6 Å². The van der Waals surface area contributed by atoms with Crippen LogP contribution in [-0.2, 0) is 17.7 Å². The van der Waals surface area contributed by atoms with Gasteiger partial charge in [0, 0.05) is 26.4 Å². The minimum absolute atomic E-state index is 0.575. The Bertz CT molecular complexity index is 228. The molecule has 25 heavy (non-hydrogen) atoms. The zero-order chi connectivity index (χ0) is 18.6. The first kappa shape index (κ1) is 25.1. The van der Waals surface area contributed by atoms with Gasteiger partial charge in [-0.05, 0) is 26.2 Å². The SMILES string of the molecule is CCCCCCO[Si](OCC)(OCCCCCC)OCCCCCC. The lowest BCUT2D eigenvalue weighted by Gasteiger charge is -2.28. The number of unbranched alkanes of at least 4 members (excludes halogenated alkanes) is 9. The lowest BCUT2D eigenvalue weighted by molar-refractivity contribution is -0.0344. The Morgan fingerprint density at radius 3 is 1.08 bits per heavy atom. The van der Waals surface area contributed by atoms with E-state index in [1.165, 1.54) is 57.8 Å². The number of hydrogen-bond acceptors (Lipinski definition) is 4. The summed E-state index contributed by atoms with van der Waals surface area (Å²) in [6.45, 7) is 11.3. The van der Waals surface area contributed by atoms with E-state index in [2.05, 4.69) is 20.8 Å². The maximum Gasteiger partial charge on any atom is 0.679 e. The van der Waals surface area contributed by atoms with Gasteiger partial charge >= 0.3 is 9.05 Å². The van der Waals surface area contributed by atoms with Crippen molar-refractivity contribution in [3.63, 3.8) is 0 Å². The summed E-state index contributed by atoms with van der Waals surface area (Å²) in [5, 5.41) is 0. The average molecular weight is 377 g/mol. The quantitative estimate of drug-likeness (QED) is 0.186. The molecule has 0 unspecified atom stereocenters. The zero-order valence-electron chi connectivity index (χ0n) is 17.4. The van der Waals surface area contributed by atoms with Crippen LogP contribution in [0, 0.1) is 0 Å². The van der Waals surface area contributed by atoms with Crippen LogP contribution in [-0.4, -0.2) is 35.5 Å². The second-order valence-electron chi connectivity index (χ2n) is 6.66. The molecule has 0 bridgehead atoms. The summed E-state index contributed by atoms with van der Waals surface area (Å²) in [6.07, 6.45) is 14.2. The van der Waals surface area contributed by atoms with E-state index in [0.717, 1.165) is 19.3 Å². The summed E-state index contributed by atoms with van der Waals surface area (Å²) in [4.78, 5) is 0. The first-order chi connectivity index (χ1) is 12.2. The molecule has 0 radical (unpaired) electrons. The molecule has 0 saturated heterocycles. The molecule has 0 aliphatic carbocycles. The summed E-state index contributed by atoms with van der Waals surface area (Å²) >= 11 is 0. The molecule has 0 saturated carbocycles. The zero-order valence-corrected chi connectivity index (χ0v) is 18.4. The predicted molar refractivity (Wildman–Crippen MR) is 108 cm³/mol. The Balaban J connectivity index is 4.40. The molecule has 0 aromatic carbocycles. The van der Waals surface area contributed by atoms with Gasteiger partial charge in [0.25, 0.3) is 0 Å². The fourth-order valence-corrected chi connectivity index (χ4v) is 4.64. The van der Waals surface area contributed by atoms with E-state index in [-0.39, 0.29) is 0 Å². The van der Waals surface area contributed by atoms with Gasteiger partial charge < -0.3 is 17.7 Å².